The van der Waals surface area contributed by atoms with E-state index in [1.807, 2.05) is 25.1 Å². The molecule has 0 unspecified atom stereocenters. The third kappa shape index (κ3) is 4.68. The summed E-state index contributed by atoms with van der Waals surface area (Å²) in [5.74, 6) is -0.426. The van der Waals surface area contributed by atoms with Gasteiger partial charge in [0.2, 0.25) is 5.91 Å². The molecule has 0 spiro atoms. The molecule has 0 fully saturated rings. The molecule has 0 saturated carbocycles. The number of hydrogen-bond donors (Lipinski definition) is 1. The molecule has 0 radical (unpaired) electrons. The van der Waals surface area contributed by atoms with Crippen molar-refractivity contribution < 1.29 is 9.18 Å². The van der Waals surface area contributed by atoms with E-state index in [2.05, 4.69) is 17.4 Å². The topological polar surface area (TPSA) is 55.5 Å². The second kappa shape index (κ2) is 9.16. The molecule has 2 aromatic carbocycles. The van der Waals surface area contributed by atoms with Gasteiger partial charge in [0.25, 0.3) is 5.56 Å². The molecule has 6 heteroatoms. The van der Waals surface area contributed by atoms with Crippen molar-refractivity contribution in [2.75, 3.05) is 0 Å². The highest BCUT2D eigenvalue weighted by atomic mass is 19.1. The molecule has 0 saturated heterocycles. The fourth-order valence-corrected chi connectivity index (χ4v) is 4.00. The van der Waals surface area contributed by atoms with Crippen LogP contribution in [-0.4, -0.2) is 20.9 Å². The van der Waals surface area contributed by atoms with Crippen LogP contribution < -0.4 is 10.9 Å². The third-order valence-corrected chi connectivity index (χ3v) is 5.60. The lowest BCUT2D eigenvalue weighted by atomic mass is 10.1. The zero-order chi connectivity index (χ0) is 21.8. The van der Waals surface area contributed by atoms with E-state index in [1.165, 1.54) is 17.7 Å². The van der Waals surface area contributed by atoms with Crippen molar-refractivity contribution in [3.63, 3.8) is 0 Å². The molecule has 0 bridgehead atoms. The molecule has 2 heterocycles. The Balaban J connectivity index is 1.39. The van der Waals surface area contributed by atoms with Crippen LogP contribution in [0.4, 0.5) is 4.39 Å². The average molecular weight is 420 g/mol. The number of halogens is 1. The molecule has 0 aliphatic rings. The molecule has 0 aliphatic heterocycles. The maximum Gasteiger partial charge on any atom is 0.275 e. The van der Waals surface area contributed by atoms with E-state index < -0.39 is 5.82 Å². The number of nitrogens with zero attached hydrogens (tertiary/aromatic N) is 2. The van der Waals surface area contributed by atoms with Gasteiger partial charge in [0.1, 0.15) is 11.3 Å². The SMILES string of the molecule is C[C@@H](CCc1ccccc1)NC(=O)CCCn1c(=O)c2cccn2c2ccc(F)cc21. The molecule has 0 aliphatic carbocycles. The lowest BCUT2D eigenvalue weighted by Gasteiger charge is -2.15. The summed E-state index contributed by atoms with van der Waals surface area (Å²) in [6, 6.07) is 18.3. The maximum atomic E-state index is 13.9. The number of carbonyl (C=O) groups is 1. The van der Waals surface area contributed by atoms with Gasteiger partial charge in [0.15, 0.2) is 0 Å². The predicted octanol–water partition coefficient (Wildman–Crippen LogP) is 4.31. The van der Waals surface area contributed by atoms with Gasteiger partial charge in [0.05, 0.1) is 11.0 Å². The quantitative estimate of drug-likeness (QED) is 0.463. The average Bonchev–Trinajstić information content (AvgIpc) is 3.25. The predicted molar refractivity (Wildman–Crippen MR) is 121 cm³/mol. The molecule has 5 nitrogen and oxygen atoms in total. The molecule has 160 valence electrons. The van der Waals surface area contributed by atoms with Crippen molar-refractivity contribution in [1.82, 2.24) is 14.3 Å². The molecule has 2 aromatic heterocycles. The van der Waals surface area contributed by atoms with Gasteiger partial charge < -0.3 is 14.3 Å². The van der Waals surface area contributed by atoms with Crippen molar-refractivity contribution in [3.05, 3.63) is 88.6 Å². The summed E-state index contributed by atoms with van der Waals surface area (Å²) >= 11 is 0. The van der Waals surface area contributed by atoms with Gasteiger partial charge in [0, 0.05) is 25.2 Å². The van der Waals surface area contributed by atoms with E-state index in [0.717, 1.165) is 18.4 Å². The normalized spacial score (nSPS) is 12.3. The van der Waals surface area contributed by atoms with E-state index in [0.29, 0.717) is 30.4 Å². The number of nitrogens with one attached hydrogen (secondary N) is 1. The Morgan fingerprint density at radius 1 is 1.03 bits per heavy atom. The van der Waals surface area contributed by atoms with Crippen molar-refractivity contribution in [1.29, 1.82) is 0 Å². The fraction of sp³-hybridized carbons (Fsp3) is 0.280. The molecular weight excluding hydrogens is 393 g/mol. The van der Waals surface area contributed by atoms with Crippen LogP contribution in [0.5, 0.6) is 0 Å². The number of aromatic nitrogens is 2. The molecule has 1 atom stereocenters. The Morgan fingerprint density at radius 3 is 2.65 bits per heavy atom. The highest BCUT2D eigenvalue weighted by Crippen LogP contribution is 2.17. The van der Waals surface area contributed by atoms with Crippen molar-refractivity contribution >= 4 is 22.5 Å². The Kier molecular flexibility index (Phi) is 6.16. The van der Waals surface area contributed by atoms with E-state index in [9.17, 15) is 14.0 Å². The summed E-state index contributed by atoms with van der Waals surface area (Å²) in [7, 11) is 0. The minimum atomic E-state index is -0.392. The highest BCUT2D eigenvalue weighted by molar-refractivity contribution is 5.79. The van der Waals surface area contributed by atoms with Crippen LogP contribution in [0.1, 0.15) is 31.7 Å². The van der Waals surface area contributed by atoms with Crippen LogP contribution in [0.25, 0.3) is 16.6 Å². The minimum absolute atomic E-state index is 0.0344. The third-order valence-electron chi connectivity index (χ3n) is 5.60. The first kappa shape index (κ1) is 20.8. The number of aryl methyl sites for hydroxylation is 2. The molecule has 1 amide bonds. The van der Waals surface area contributed by atoms with Gasteiger partial charge in [-0.15, -0.1) is 0 Å². The summed E-state index contributed by atoms with van der Waals surface area (Å²) < 4.78 is 17.2. The van der Waals surface area contributed by atoms with Gasteiger partial charge in [-0.1, -0.05) is 30.3 Å². The summed E-state index contributed by atoms with van der Waals surface area (Å²) in [6.45, 7) is 2.36. The van der Waals surface area contributed by atoms with E-state index in [1.54, 1.807) is 33.4 Å². The number of rotatable bonds is 8. The van der Waals surface area contributed by atoms with Crippen LogP contribution in [-0.2, 0) is 17.8 Å². The smallest absolute Gasteiger partial charge is 0.275 e. The molecule has 1 N–H and O–H groups in total. The highest BCUT2D eigenvalue weighted by Gasteiger charge is 2.13. The Bertz CT molecular complexity index is 1260. The van der Waals surface area contributed by atoms with Gasteiger partial charge in [-0.25, -0.2) is 4.39 Å². The Labute approximate surface area is 180 Å². The van der Waals surface area contributed by atoms with E-state index >= 15 is 0 Å². The number of amides is 1. The molecule has 4 rings (SSSR count). The standard InChI is InChI=1S/C25H26FN3O2/c1-18(11-12-19-7-3-2-4-8-19)27-24(30)10-6-16-29-23-17-20(26)13-14-21(23)28-15-5-9-22(28)25(29)31/h2-5,7-9,13-15,17-18H,6,10-12,16H2,1H3,(H,27,30)/t18-/m0/s1. The molecule has 4 aromatic rings. The Hall–Kier alpha value is -3.41. The summed E-state index contributed by atoms with van der Waals surface area (Å²) in [5.41, 5.74) is 2.91. The van der Waals surface area contributed by atoms with E-state index in [-0.39, 0.29) is 17.5 Å². The van der Waals surface area contributed by atoms with Gasteiger partial charge in [-0.2, -0.15) is 0 Å². The second-order valence-corrected chi connectivity index (χ2v) is 7.95. The maximum absolute atomic E-state index is 13.9. The summed E-state index contributed by atoms with van der Waals surface area (Å²) in [4.78, 5) is 25.3. The monoisotopic (exact) mass is 419 g/mol. The van der Waals surface area contributed by atoms with Crippen LogP contribution in [0.2, 0.25) is 0 Å². The first-order valence-corrected chi connectivity index (χ1v) is 10.7. The number of benzene rings is 2. The zero-order valence-electron chi connectivity index (χ0n) is 17.6. The van der Waals surface area contributed by atoms with Gasteiger partial charge in [-0.05, 0) is 62.1 Å². The number of hydrogen-bond acceptors (Lipinski definition) is 2. The van der Waals surface area contributed by atoms with Crippen molar-refractivity contribution in [3.8, 4) is 0 Å². The largest absolute Gasteiger partial charge is 0.354 e. The van der Waals surface area contributed by atoms with Crippen LogP contribution >= 0.6 is 0 Å². The van der Waals surface area contributed by atoms with Crippen molar-refractivity contribution in [2.24, 2.45) is 0 Å². The molecule has 31 heavy (non-hydrogen) atoms. The summed E-state index contributed by atoms with van der Waals surface area (Å²) in [6.07, 6.45) is 4.38. The minimum Gasteiger partial charge on any atom is -0.354 e. The Morgan fingerprint density at radius 2 is 1.84 bits per heavy atom. The lowest BCUT2D eigenvalue weighted by Crippen LogP contribution is -2.33. The second-order valence-electron chi connectivity index (χ2n) is 7.95. The molecular formula is C25H26FN3O2. The van der Waals surface area contributed by atoms with E-state index in [4.69, 9.17) is 0 Å². The van der Waals surface area contributed by atoms with Crippen LogP contribution in [0.15, 0.2) is 71.7 Å². The fourth-order valence-electron chi connectivity index (χ4n) is 4.00. The number of carbonyl (C=O) groups excluding carboxylic acids is 1. The zero-order valence-corrected chi connectivity index (χ0v) is 17.6. The summed E-state index contributed by atoms with van der Waals surface area (Å²) in [5, 5.41) is 3.03. The van der Waals surface area contributed by atoms with Crippen molar-refractivity contribution in [2.45, 2.75) is 45.2 Å². The first-order valence-electron chi connectivity index (χ1n) is 10.7. The number of fused-ring (bicyclic) bond motifs is 3. The van der Waals surface area contributed by atoms with Gasteiger partial charge in [-0.3, -0.25) is 9.59 Å². The van der Waals surface area contributed by atoms with Crippen LogP contribution in [0.3, 0.4) is 0 Å². The lowest BCUT2D eigenvalue weighted by molar-refractivity contribution is -0.121. The first-order chi connectivity index (χ1) is 15.0. The van der Waals surface area contributed by atoms with Gasteiger partial charge >= 0.3 is 0 Å². The van der Waals surface area contributed by atoms with Crippen LogP contribution in [0, 0.1) is 5.82 Å².